The molecule has 29 nitrogen and oxygen atoms in total. The second-order valence-electron chi connectivity index (χ2n) is 20.1. The largest absolute Gasteiger partial charge is 0.480 e. The summed E-state index contributed by atoms with van der Waals surface area (Å²) in [5.41, 5.74) is 38.6. The molecule has 0 radical (unpaired) electrons. The van der Waals surface area contributed by atoms with E-state index in [9.17, 15) is 57.8 Å². The second kappa shape index (κ2) is 33.6. The van der Waals surface area contributed by atoms with Crippen LogP contribution in [0.4, 0.5) is 0 Å². The molecule has 9 atom stereocenters. The van der Waals surface area contributed by atoms with Gasteiger partial charge in [0.1, 0.15) is 48.3 Å². The molecule has 430 valence electrons. The molecule has 1 rings (SSSR count). The van der Waals surface area contributed by atoms with Crippen molar-refractivity contribution in [2.75, 3.05) is 19.6 Å². The van der Waals surface area contributed by atoms with Gasteiger partial charge in [-0.2, -0.15) is 0 Å². The van der Waals surface area contributed by atoms with Crippen LogP contribution in [0, 0.1) is 17.8 Å². The molecule has 76 heavy (non-hydrogen) atoms. The maximum Gasteiger partial charge on any atom is 0.326 e. The van der Waals surface area contributed by atoms with E-state index < -0.39 is 132 Å². The average molecular weight is 1080 g/mol. The number of likely N-dealkylation sites (tertiary alicyclic amines) is 1. The highest BCUT2D eigenvalue weighted by Crippen LogP contribution is 2.21. The van der Waals surface area contributed by atoms with Crippen LogP contribution in [0.1, 0.15) is 126 Å². The van der Waals surface area contributed by atoms with Crippen molar-refractivity contribution < 1.29 is 57.8 Å². The lowest BCUT2D eigenvalue weighted by Gasteiger charge is -2.31. The SMILES string of the molecule is CC(C)C[C@H](NC(=O)[C@@H](NC(=O)[C@H](CCC(N)=O)NC(=O)[C@@H]1CCCN1C(=O)[C@H](CCC(N)=O)NC(=O)[C@H](CCCN=C(N)N)NC(=O)[C@H](C)NC(=O)[C@H](CC(C)C)NC(=O)[C@@H](N)CCCN=C(N)N)C(C)C)C(=O)O. The third-order valence-corrected chi connectivity index (χ3v) is 12.0. The predicted octanol–water partition coefficient (Wildman–Crippen LogP) is -4.81. The molecule has 1 heterocycles. The van der Waals surface area contributed by atoms with E-state index in [2.05, 4.69) is 47.2 Å². The van der Waals surface area contributed by atoms with Crippen LogP contribution in [0.3, 0.4) is 0 Å². The minimum Gasteiger partial charge on any atom is -0.480 e. The standard InChI is InChI=1S/C47H85N17O12/c1-23(2)21-31(61-38(68)27(48)11-8-18-55-46(51)52)41(71)57-26(7)37(67)58-28(12-9-19-56-47(53)54)39(69)60-30(15-17-35(50)66)44(74)64-20-10-13-33(64)42(72)59-29(14-16-34(49)65)40(70)63-36(25(5)6)43(73)62-32(45(75)76)22-24(3)4/h23-33,36H,8-22,48H2,1-7H3,(H2,49,65)(H2,50,66)(H,57,71)(H,58,67)(H,59,72)(H,60,69)(H,61,68)(H,62,73)(H,63,70)(H,75,76)(H4,51,52,55)(H4,53,54,56)/t26-,27-,28-,29-,30-,31-,32-,33-,36-/m0/s1. The molecule has 0 saturated carbocycles. The number of amides is 10. The second-order valence-corrected chi connectivity index (χ2v) is 20.1. The number of rotatable bonds is 35. The van der Waals surface area contributed by atoms with E-state index in [1.807, 2.05) is 13.8 Å². The summed E-state index contributed by atoms with van der Waals surface area (Å²) in [6.45, 7) is 12.0. The van der Waals surface area contributed by atoms with Crippen molar-refractivity contribution >= 4 is 77.0 Å². The molecule has 22 N–H and O–H groups in total. The summed E-state index contributed by atoms with van der Waals surface area (Å²) >= 11 is 0. The van der Waals surface area contributed by atoms with Gasteiger partial charge in [0.2, 0.25) is 59.1 Å². The number of guanidine groups is 2. The Labute approximate surface area is 443 Å². The van der Waals surface area contributed by atoms with Gasteiger partial charge in [-0.1, -0.05) is 41.5 Å². The van der Waals surface area contributed by atoms with Crippen LogP contribution in [0.5, 0.6) is 0 Å². The van der Waals surface area contributed by atoms with E-state index in [-0.39, 0.29) is 108 Å². The van der Waals surface area contributed by atoms with Gasteiger partial charge in [-0.25, -0.2) is 4.79 Å². The predicted molar refractivity (Wildman–Crippen MR) is 280 cm³/mol. The van der Waals surface area contributed by atoms with Crippen LogP contribution < -0.4 is 77.4 Å². The topological polar surface area (TPSA) is 502 Å². The Morgan fingerprint density at radius 3 is 1.51 bits per heavy atom. The Bertz CT molecular complexity index is 2080. The van der Waals surface area contributed by atoms with Gasteiger partial charge in [0.05, 0.1) is 6.04 Å². The molecule has 0 aromatic heterocycles. The smallest absolute Gasteiger partial charge is 0.326 e. The van der Waals surface area contributed by atoms with Crippen molar-refractivity contribution in [2.45, 2.75) is 180 Å². The number of carboxylic acids is 1. The maximum absolute atomic E-state index is 14.4. The fourth-order valence-electron chi connectivity index (χ4n) is 7.97. The van der Waals surface area contributed by atoms with Gasteiger partial charge in [-0.05, 0) is 88.9 Å². The van der Waals surface area contributed by atoms with Crippen molar-refractivity contribution in [3.8, 4) is 0 Å². The molecule has 0 spiro atoms. The van der Waals surface area contributed by atoms with Crippen LogP contribution in [0.15, 0.2) is 9.98 Å². The Hall–Kier alpha value is -7.33. The van der Waals surface area contributed by atoms with Gasteiger partial charge in [0.15, 0.2) is 11.9 Å². The molecule has 0 unspecified atom stereocenters. The van der Waals surface area contributed by atoms with E-state index in [0.717, 1.165) is 4.90 Å². The zero-order valence-electron chi connectivity index (χ0n) is 44.9. The molecule has 1 aliphatic heterocycles. The highest BCUT2D eigenvalue weighted by Gasteiger charge is 2.41. The van der Waals surface area contributed by atoms with E-state index in [4.69, 9.17) is 40.1 Å². The first-order valence-corrected chi connectivity index (χ1v) is 25.5. The quantitative estimate of drug-likeness (QED) is 0.0161. The zero-order valence-corrected chi connectivity index (χ0v) is 44.9. The molecule has 0 aromatic rings. The minimum absolute atomic E-state index is 0.0170. The number of carboxylic acid groups (broad SMARTS) is 1. The number of carbonyl (C=O) groups excluding carboxylic acids is 10. The first kappa shape index (κ1) is 66.7. The summed E-state index contributed by atoms with van der Waals surface area (Å²) in [7, 11) is 0. The molecule has 1 aliphatic rings. The summed E-state index contributed by atoms with van der Waals surface area (Å²) in [5, 5.41) is 27.6. The average Bonchev–Trinajstić information content (AvgIpc) is 3.82. The van der Waals surface area contributed by atoms with Crippen LogP contribution in [-0.4, -0.2) is 161 Å². The van der Waals surface area contributed by atoms with Gasteiger partial charge >= 0.3 is 5.97 Å². The van der Waals surface area contributed by atoms with Gasteiger partial charge < -0.3 is 87.4 Å². The summed E-state index contributed by atoms with van der Waals surface area (Å²) in [6, 6.07) is -11.6. The summed E-state index contributed by atoms with van der Waals surface area (Å²) in [4.78, 5) is 155. The Kier molecular flexibility index (Phi) is 29.4. The van der Waals surface area contributed by atoms with Gasteiger partial charge in [0, 0.05) is 32.5 Å². The number of nitrogens with two attached hydrogens (primary N) is 7. The lowest BCUT2D eigenvalue weighted by molar-refractivity contribution is -0.143. The fourth-order valence-corrected chi connectivity index (χ4v) is 7.97. The van der Waals surface area contributed by atoms with Crippen LogP contribution in [0.25, 0.3) is 0 Å². The molecule has 0 aliphatic carbocycles. The summed E-state index contributed by atoms with van der Waals surface area (Å²) < 4.78 is 0. The van der Waals surface area contributed by atoms with E-state index in [1.54, 1.807) is 27.7 Å². The first-order chi connectivity index (χ1) is 35.4. The van der Waals surface area contributed by atoms with Crippen molar-refractivity contribution in [3.05, 3.63) is 0 Å². The Morgan fingerprint density at radius 2 is 1.00 bits per heavy atom. The highest BCUT2D eigenvalue weighted by molar-refractivity contribution is 5.98. The number of nitrogens with zero attached hydrogens (tertiary/aromatic N) is 3. The number of aliphatic carboxylic acids is 1. The van der Waals surface area contributed by atoms with Crippen molar-refractivity contribution in [2.24, 2.45) is 67.9 Å². The maximum atomic E-state index is 14.4. The van der Waals surface area contributed by atoms with E-state index in [1.165, 1.54) is 6.92 Å². The van der Waals surface area contributed by atoms with E-state index >= 15 is 0 Å². The van der Waals surface area contributed by atoms with Crippen LogP contribution in [-0.2, 0) is 52.7 Å². The number of aliphatic imine (C=N–C) groups is 2. The van der Waals surface area contributed by atoms with E-state index in [0.29, 0.717) is 6.42 Å². The Balaban J connectivity index is 3.42. The number of hydrogen-bond acceptors (Lipinski definition) is 14. The monoisotopic (exact) mass is 1080 g/mol. The molecule has 0 bridgehead atoms. The van der Waals surface area contributed by atoms with Crippen molar-refractivity contribution in [3.63, 3.8) is 0 Å². The molecule has 29 heteroatoms. The number of carbonyl (C=O) groups is 11. The fraction of sp³-hybridized carbons (Fsp3) is 0.723. The highest BCUT2D eigenvalue weighted by atomic mass is 16.4. The number of nitrogens with one attached hydrogen (secondary N) is 7. The summed E-state index contributed by atoms with van der Waals surface area (Å²) in [6.07, 6.45) is -0.251. The van der Waals surface area contributed by atoms with Crippen molar-refractivity contribution in [1.29, 1.82) is 0 Å². The van der Waals surface area contributed by atoms with Gasteiger partial charge in [-0.3, -0.25) is 57.9 Å². The molecular formula is C47H85N17O12. The zero-order chi connectivity index (χ0) is 58.0. The number of hydrogen-bond donors (Lipinski definition) is 15. The molecule has 10 amide bonds. The summed E-state index contributed by atoms with van der Waals surface area (Å²) in [5.74, 6) is -10.5. The Morgan fingerprint density at radius 1 is 0.539 bits per heavy atom. The molecular weight excluding hydrogens is 995 g/mol. The third kappa shape index (κ3) is 25.3. The molecule has 0 aromatic carbocycles. The molecule has 1 fully saturated rings. The lowest BCUT2D eigenvalue weighted by Crippen LogP contribution is -2.60. The van der Waals surface area contributed by atoms with Crippen molar-refractivity contribution in [1.82, 2.24) is 42.1 Å². The van der Waals surface area contributed by atoms with Gasteiger partial charge in [-0.15, -0.1) is 0 Å². The molecule has 1 saturated heterocycles. The number of primary amides is 2. The van der Waals surface area contributed by atoms with Crippen LogP contribution >= 0.6 is 0 Å². The first-order valence-electron chi connectivity index (χ1n) is 25.5. The third-order valence-electron chi connectivity index (χ3n) is 12.0. The minimum atomic E-state index is -1.51. The van der Waals surface area contributed by atoms with Gasteiger partial charge in [0.25, 0.3) is 0 Å². The van der Waals surface area contributed by atoms with Crippen LogP contribution in [0.2, 0.25) is 0 Å². The lowest BCUT2D eigenvalue weighted by atomic mass is 9.99. The normalized spacial score (nSPS) is 16.3.